The van der Waals surface area contributed by atoms with Crippen LogP contribution in [0.1, 0.15) is 35.6 Å². The standard InChI is InChI=1S/C11H16N2OS/c1-8(2)5-13-11-3-4-15-7-9(11)10(6-14)12-13/h6,8H,3-5,7H2,1-2H3. The third kappa shape index (κ3) is 2.09. The van der Waals surface area contributed by atoms with Crippen LogP contribution in [0.3, 0.4) is 0 Å². The van der Waals surface area contributed by atoms with Crippen molar-refractivity contribution in [3.63, 3.8) is 0 Å². The maximum atomic E-state index is 10.9. The Balaban J connectivity index is 2.37. The number of thioether (sulfide) groups is 1. The molecule has 0 atom stereocenters. The number of nitrogens with zero attached hydrogens (tertiary/aromatic N) is 2. The van der Waals surface area contributed by atoms with Crippen LogP contribution in [0.4, 0.5) is 0 Å². The average molecular weight is 224 g/mol. The third-order valence-electron chi connectivity index (χ3n) is 2.58. The van der Waals surface area contributed by atoms with E-state index >= 15 is 0 Å². The van der Waals surface area contributed by atoms with Crippen molar-refractivity contribution < 1.29 is 4.79 Å². The molecule has 0 bridgehead atoms. The molecule has 1 aliphatic heterocycles. The third-order valence-corrected chi connectivity index (χ3v) is 3.56. The first-order chi connectivity index (χ1) is 7.22. The molecule has 0 aromatic carbocycles. The van der Waals surface area contributed by atoms with Crippen LogP contribution in [0.15, 0.2) is 0 Å². The maximum absolute atomic E-state index is 10.9. The van der Waals surface area contributed by atoms with Crippen LogP contribution < -0.4 is 0 Å². The quantitative estimate of drug-likeness (QED) is 0.738. The molecule has 1 aliphatic rings. The zero-order valence-electron chi connectivity index (χ0n) is 9.19. The summed E-state index contributed by atoms with van der Waals surface area (Å²) < 4.78 is 2.03. The number of rotatable bonds is 3. The topological polar surface area (TPSA) is 34.9 Å². The molecular formula is C11H16N2OS. The van der Waals surface area contributed by atoms with Gasteiger partial charge in [-0.15, -0.1) is 0 Å². The molecule has 0 radical (unpaired) electrons. The van der Waals surface area contributed by atoms with Crippen LogP contribution in [-0.4, -0.2) is 21.8 Å². The summed E-state index contributed by atoms with van der Waals surface area (Å²) in [5, 5.41) is 4.39. The van der Waals surface area contributed by atoms with Crippen LogP contribution >= 0.6 is 11.8 Å². The van der Waals surface area contributed by atoms with Gasteiger partial charge in [-0.05, 0) is 18.1 Å². The molecule has 0 aliphatic carbocycles. The van der Waals surface area contributed by atoms with Crippen molar-refractivity contribution in [1.29, 1.82) is 0 Å². The van der Waals surface area contributed by atoms with Gasteiger partial charge in [0.05, 0.1) is 0 Å². The van der Waals surface area contributed by atoms with Gasteiger partial charge in [-0.25, -0.2) is 0 Å². The van der Waals surface area contributed by atoms with Crippen LogP contribution in [0, 0.1) is 5.92 Å². The smallest absolute Gasteiger partial charge is 0.170 e. The van der Waals surface area contributed by atoms with Gasteiger partial charge in [0, 0.05) is 23.6 Å². The summed E-state index contributed by atoms with van der Waals surface area (Å²) in [5.74, 6) is 2.67. The lowest BCUT2D eigenvalue weighted by atomic mass is 10.1. The van der Waals surface area contributed by atoms with Gasteiger partial charge in [-0.2, -0.15) is 16.9 Å². The van der Waals surface area contributed by atoms with Crippen LogP contribution in [0.2, 0.25) is 0 Å². The number of carbonyl (C=O) groups is 1. The fraction of sp³-hybridized carbons (Fsp3) is 0.636. The van der Waals surface area contributed by atoms with Crippen molar-refractivity contribution in [2.24, 2.45) is 5.92 Å². The number of fused-ring (bicyclic) bond motifs is 1. The predicted octanol–water partition coefficient (Wildman–Crippen LogP) is 2.14. The van der Waals surface area contributed by atoms with E-state index in [4.69, 9.17) is 0 Å². The van der Waals surface area contributed by atoms with Crippen LogP contribution in [-0.2, 0) is 18.7 Å². The van der Waals surface area contributed by atoms with Gasteiger partial charge in [0.25, 0.3) is 0 Å². The minimum Gasteiger partial charge on any atom is -0.296 e. The van der Waals surface area contributed by atoms with Gasteiger partial charge < -0.3 is 0 Å². The van der Waals surface area contributed by atoms with Crippen LogP contribution in [0.25, 0.3) is 0 Å². The first-order valence-electron chi connectivity index (χ1n) is 5.34. The Morgan fingerprint density at radius 1 is 1.60 bits per heavy atom. The first-order valence-corrected chi connectivity index (χ1v) is 6.49. The fourth-order valence-corrected chi connectivity index (χ4v) is 2.93. The lowest BCUT2D eigenvalue weighted by Crippen LogP contribution is -2.12. The molecule has 1 aromatic rings. The molecule has 0 N–H and O–H groups in total. The number of hydrogen-bond donors (Lipinski definition) is 0. The maximum Gasteiger partial charge on any atom is 0.170 e. The van der Waals surface area contributed by atoms with E-state index in [1.54, 1.807) is 0 Å². The highest BCUT2D eigenvalue weighted by atomic mass is 32.2. The minimum absolute atomic E-state index is 0.572. The van der Waals surface area contributed by atoms with Gasteiger partial charge >= 0.3 is 0 Å². The largest absolute Gasteiger partial charge is 0.296 e. The lowest BCUT2D eigenvalue weighted by Gasteiger charge is -2.14. The predicted molar refractivity (Wildman–Crippen MR) is 62.3 cm³/mol. The summed E-state index contributed by atoms with van der Waals surface area (Å²) >= 11 is 1.89. The molecule has 1 aromatic heterocycles. The second kappa shape index (κ2) is 4.39. The molecule has 0 amide bonds. The SMILES string of the molecule is CC(C)Cn1nc(C=O)c2c1CCSC2. The summed E-state index contributed by atoms with van der Waals surface area (Å²) in [4.78, 5) is 10.9. The second-order valence-corrected chi connectivity index (χ2v) is 5.41. The molecular weight excluding hydrogens is 208 g/mol. The van der Waals surface area contributed by atoms with E-state index in [2.05, 4.69) is 18.9 Å². The van der Waals surface area contributed by atoms with E-state index in [-0.39, 0.29) is 0 Å². The lowest BCUT2D eigenvalue weighted by molar-refractivity contribution is 0.111. The van der Waals surface area contributed by atoms with Crippen molar-refractivity contribution in [3.8, 4) is 0 Å². The summed E-state index contributed by atoms with van der Waals surface area (Å²) in [7, 11) is 0. The molecule has 4 heteroatoms. The van der Waals surface area contributed by atoms with Gasteiger partial charge in [-0.1, -0.05) is 13.8 Å². The zero-order chi connectivity index (χ0) is 10.8. The summed E-state index contributed by atoms with van der Waals surface area (Å²) in [6.45, 7) is 5.26. The molecule has 0 spiro atoms. The Bertz CT molecular complexity index is 371. The van der Waals surface area contributed by atoms with Crippen molar-refractivity contribution in [1.82, 2.24) is 9.78 Å². The van der Waals surface area contributed by atoms with E-state index in [1.807, 2.05) is 16.4 Å². The number of aromatic nitrogens is 2. The first kappa shape index (κ1) is 10.7. The summed E-state index contributed by atoms with van der Waals surface area (Å²) in [6.07, 6.45) is 1.94. The van der Waals surface area contributed by atoms with E-state index < -0.39 is 0 Å². The summed E-state index contributed by atoms with van der Waals surface area (Å²) in [6, 6.07) is 0. The van der Waals surface area contributed by atoms with E-state index in [9.17, 15) is 4.79 Å². The molecule has 82 valence electrons. The highest BCUT2D eigenvalue weighted by Crippen LogP contribution is 2.27. The van der Waals surface area contributed by atoms with Gasteiger partial charge in [0.15, 0.2) is 6.29 Å². The summed E-state index contributed by atoms with van der Waals surface area (Å²) in [5.41, 5.74) is 3.10. The normalized spacial score (nSPS) is 15.4. The van der Waals surface area contributed by atoms with E-state index in [0.717, 1.165) is 30.8 Å². The van der Waals surface area contributed by atoms with Crippen molar-refractivity contribution in [2.75, 3.05) is 5.75 Å². The second-order valence-electron chi connectivity index (χ2n) is 4.31. The minimum atomic E-state index is 0.572. The number of carbonyl (C=O) groups excluding carboxylic acids is 1. The van der Waals surface area contributed by atoms with Crippen molar-refractivity contribution >= 4 is 18.0 Å². The molecule has 2 rings (SSSR count). The highest BCUT2D eigenvalue weighted by molar-refractivity contribution is 7.98. The van der Waals surface area contributed by atoms with E-state index in [1.165, 1.54) is 11.3 Å². The highest BCUT2D eigenvalue weighted by Gasteiger charge is 2.20. The molecule has 0 saturated heterocycles. The molecule has 0 fully saturated rings. The Labute approximate surface area is 94.2 Å². The Morgan fingerprint density at radius 2 is 2.40 bits per heavy atom. The zero-order valence-corrected chi connectivity index (χ0v) is 10.0. The monoisotopic (exact) mass is 224 g/mol. The fourth-order valence-electron chi connectivity index (χ4n) is 1.93. The average Bonchev–Trinajstić information content (AvgIpc) is 2.56. The molecule has 0 saturated carbocycles. The van der Waals surface area contributed by atoms with Crippen molar-refractivity contribution in [2.45, 2.75) is 32.6 Å². The van der Waals surface area contributed by atoms with Crippen LogP contribution in [0.5, 0.6) is 0 Å². The van der Waals surface area contributed by atoms with Gasteiger partial charge in [-0.3, -0.25) is 9.48 Å². The Kier molecular flexibility index (Phi) is 3.14. The number of hydrogen-bond acceptors (Lipinski definition) is 3. The van der Waals surface area contributed by atoms with Crippen molar-refractivity contribution in [3.05, 3.63) is 17.0 Å². The molecule has 2 heterocycles. The molecule has 3 nitrogen and oxygen atoms in total. The van der Waals surface area contributed by atoms with Gasteiger partial charge in [0.1, 0.15) is 5.69 Å². The molecule has 15 heavy (non-hydrogen) atoms. The Hall–Kier alpha value is -0.770. The molecule has 0 unspecified atom stereocenters. The van der Waals surface area contributed by atoms with Gasteiger partial charge in [0.2, 0.25) is 0 Å². The number of aldehydes is 1. The Morgan fingerprint density at radius 3 is 3.07 bits per heavy atom. The van der Waals surface area contributed by atoms with E-state index in [0.29, 0.717) is 11.6 Å².